The van der Waals surface area contributed by atoms with E-state index in [1.807, 2.05) is 12.1 Å². The molecule has 0 bridgehead atoms. The van der Waals surface area contributed by atoms with Crippen molar-refractivity contribution >= 4 is 11.6 Å². The average molecular weight is 278 g/mol. The van der Waals surface area contributed by atoms with Gasteiger partial charge in [0.05, 0.1) is 6.54 Å². The molecular weight excluding hydrogens is 252 g/mol. The van der Waals surface area contributed by atoms with E-state index in [4.69, 9.17) is 10.5 Å². The molecule has 4 nitrogen and oxygen atoms in total. The fourth-order valence-corrected chi connectivity index (χ4v) is 2.15. The Morgan fingerprint density at radius 2 is 1.80 bits per heavy atom. The van der Waals surface area contributed by atoms with Crippen LogP contribution in [-0.2, 0) is 4.79 Å². The maximum Gasteiger partial charge on any atom is 0.223 e. The van der Waals surface area contributed by atoms with Crippen LogP contribution in [0.25, 0.3) is 0 Å². The number of ether oxygens (including phenoxy) is 1. The van der Waals surface area contributed by atoms with E-state index < -0.39 is 0 Å². The van der Waals surface area contributed by atoms with Crippen molar-refractivity contribution in [1.29, 1.82) is 0 Å². The van der Waals surface area contributed by atoms with Crippen molar-refractivity contribution in [2.24, 2.45) is 5.92 Å². The van der Waals surface area contributed by atoms with E-state index in [2.05, 4.69) is 19.2 Å². The van der Waals surface area contributed by atoms with Crippen LogP contribution in [-0.4, -0.2) is 19.1 Å². The van der Waals surface area contributed by atoms with E-state index >= 15 is 0 Å². The summed E-state index contributed by atoms with van der Waals surface area (Å²) in [5, 5.41) is 2.95. The standard InChI is InChI=1S/C16H26N2O2/c1-3-5-13(6-4-2)16(19)18-11-12-20-15-9-7-14(17)8-10-15/h7-10,13H,3-6,11-12,17H2,1-2H3,(H,18,19). The summed E-state index contributed by atoms with van der Waals surface area (Å²) in [6.45, 7) is 5.23. The first-order valence-corrected chi connectivity index (χ1v) is 7.43. The topological polar surface area (TPSA) is 64.3 Å². The van der Waals surface area contributed by atoms with Gasteiger partial charge < -0.3 is 15.8 Å². The number of rotatable bonds is 9. The van der Waals surface area contributed by atoms with E-state index in [1.54, 1.807) is 12.1 Å². The van der Waals surface area contributed by atoms with E-state index in [1.165, 1.54) is 0 Å². The fraction of sp³-hybridized carbons (Fsp3) is 0.562. The van der Waals surface area contributed by atoms with Gasteiger partial charge in [-0.15, -0.1) is 0 Å². The highest BCUT2D eigenvalue weighted by Crippen LogP contribution is 2.14. The lowest BCUT2D eigenvalue weighted by atomic mass is 9.97. The number of amides is 1. The van der Waals surface area contributed by atoms with Crippen LogP contribution in [0.2, 0.25) is 0 Å². The quantitative estimate of drug-likeness (QED) is 0.539. The van der Waals surface area contributed by atoms with Crippen LogP contribution < -0.4 is 15.8 Å². The molecule has 0 spiro atoms. The summed E-state index contributed by atoms with van der Waals surface area (Å²) in [5.41, 5.74) is 6.31. The van der Waals surface area contributed by atoms with Gasteiger partial charge in [-0.25, -0.2) is 0 Å². The van der Waals surface area contributed by atoms with Gasteiger partial charge in [-0.05, 0) is 37.1 Å². The van der Waals surface area contributed by atoms with Crippen LogP contribution in [0.5, 0.6) is 5.75 Å². The molecule has 0 unspecified atom stereocenters. The first-order chi connectivity index (χ1) is 9.67. The molecule has 1 aromatic rings. The van der Waals surface area contributed by atoms with E-state index in [-0.39, 0.29) is 11.8 Å². The number of anilines is 1. The Hall–Kier alpha value is -1.71. The number of nitrogens with two attached hydrogens (primary N) is 1. The second kappa shape index (κ2) is 9.23. The second-order valence-corrected chi connectivity index (χ2v) is 4.98. The zero-order valence-electron chi connectivity index (χ0n) is 12.5. The number of carbonyl (C=O) groups is 1. The monoisotopic (exact) mass is 278 g/mol. The summed E-state index contributed by atoms with van der Waals surface area (Å²) in [6, 6.07) is 7.25. The molecular formula is C16H26N2O2. The Labute approximate surface area is 121 Å². The molecule has 1 aromatic carbocycles. The van der Waals surface area contributed by atoms with E-state index in [0.717, 1.165) is 31.4 Å². The molecule has 20 heavy (non-hydrogen) atoms. The molecule has 0 aromatic heterocycles. The van der Waals surface area contributed by atoms with Gasteiger partial charge in [-0.3, -0.25) is 4.79 Å². The van der Waals surface area contributed by atoms with Gasteiger partial charge in [0.2, 0.25) is 5.91 Å². The molecule has 0 saturated heterocycles. The molecule has 0 aliphatic carbocycles. The van der Waals surface area contributed by atoms with Crippen molar-refractivity contribution in [2.75, 3.05) is 18.9 Å². The number of nitrogens with one attached hydrogen (secondary N) is 1. The third-order valence-corrected chi connectivity index (χ3v) is 3.20. The summed E-state index contributed by atoms with van der Waals surface area (Å²) in [5.74, 6) is 1.06. The van der Waals surface area contributed by atoms with Gasteiger partial charge in [0.1, 0.15) is 12.4 Å². The van der Waals surface area contributed by atoms with Crippen LogP contribution in [0.15, 0.2) is 24.3 Å². The normalized spacial score (nSPS) is 10.6. The SMILES string of the molecule is CCCC(CCC)C(=O)NCCOc1ccc(N)cc1. The second-order valence-electron chi connectivity index (χ2n) is 4.98. The summed E-state index contributed by atoms with van der Waals surface area (Å²) < 4.78 is 5.54. The van der Waals surface area contributed by atoms with Crippen molar-refractivity contribution in [3.05, 3.63) is 24.3 Å². The molecule has 0 radical (unpaired) electrons. The highest BCUT2D eigenvalue weighted by molar-refractivity contribution is 5.78. The molecule has 0 heterocycles. The minimum atomic E-state index is 0.140. The fourth-order valence-electron chi connectivity index (χ4n) is 2.15. The van der Waals surface area contributed by atoms with Crippen molar-refractivity contribution in [1.82, 2.24) is 5.32 Å². The van der Waals surface area contributed by atoms with Crippen LogP contribution in [0.4, 0.5) is 5.69 Å². The molecule has 112 valence electrons. The third kappa shape index (κ3) is 5.95. The smallest absolute Gasteiger partial charge is 0.223 e. The average Bonchev–Trinajstić information content (AvgIpc) is 2.45. The molecule has 0 atom stereocenters. The van der Waals surface area contributed by atoms with Gasteiger partial charge >= 0.3 is 0 Å². The largest absolute Gasteiger partial charge is 0.492 e. The maximum absolute atomic E-state index is 12.0. The molecule has 4 heteroatoms. The molecule has 3 N–H and O–H groups in total. The Morgan fingerprint density at radius 1 is 1.20 bits per heavy atom. The summed E-state index contributed by atoms with van der Waals surface area (Å²) in [6.07, 6.45) is 4.00. The number of hydrogen-bond donors (Lipinski definition) is 2. The predicted octanol–water partition coefficient (Wildman–Crippen LogP) is 2.98. The Bertz CT molecular complexity index is 384. The predicted molar refractivity (Wildman–Crippen MR) is 82.7 cm³/mol. The van der Waals surface area contributed by atoms with Gasteiger partial charge in [-0.1, -0.05) is 26.7 Å². The Morgan fingerprint density at radius 3 is 2.35 bits per heavy atom. The Kier molecular flexibility index (Phi) is 7.55. The van der Waals surface area contributed by atoms with Crippen molar-refractivity contribution < 1.29 is 9.53 Å². The summed E-state index contributed by atoms with van der Waals surface area (Å²) in [4.78, 5) is 12.0. The van der Waals surface area contributed by atoms with Crippen molar-refractivity contribution in [3.63, 3.8) is 0 Å². The Balaban J connectivity index is 2.25. The van der Waals surface area contributed by atoms with E-state index in [0.29, 0.717) is 18.8 Å². The summed E-state index contributed by atoms with van der Waals surface area (Å²) in [7, 11) is 0. The molecule has 0 fully saturated rings. The van der Waals surface area contributed by atoms with Crippen molar-refractivity contribution in [3.8, 4) is 5.75 Å². The van der Waals surface area contributed by atoms with Crippen molar-refractivity contribution in [2.45, 2.75) is 39.5 Å². The molecule has 0 aliphatic rings. The number of benzene rings is 1. The number of carbonyl (C=O) groups excluding carboxylic acids is 1. The highest BCUT2D eigenvalue weighted by atomic mass is 16.5. The molecule has 1 amide bonds. The number of hydrogen-bond acceptors (Lipinski definition) is 3. The number of nitrogen functional groups attached to an aromatic ring is 1. The van der Waals surface area contributed by atoms with Crippen LogP contribution >= 0.6 is 0 Å². The third-order valence-electron chi connectivity index (χ3n) is 3.20. The zero-order chi connectivity index (χ0) is 14.8. The summed E-state index contributed by atoms with van der Waals surface area (Å²) >= 11 is 0. The van der Waals surface area contributed by atoms with E-state index in [9.17, 15) is 4.79 Å². The van der Waals surface area contributed by atoms with Gasteiger partial charge in [-0.2, -0.15) is 0 Å². The minimum absolute atomic E-state index is 0.140. The minimum Gasteiger partial charge on any atom is -0.492 e. The van der Waals surface area contributed by atoms with Crippen LogP contribution in [0, 0.1) is 5.92 Å². The van der Waals surface area contributed by atoms with Gasteiger partial charge in [0.25, 0.3) is 0 Å². The van der Waals surface area contributed by atoms with Crippen LogP contribution in [0.3, 0.4) is 0 Å². The lowest BCUT2D eigenvalue weighted by molar-refractivity contribution is -0.125. The maximum atomic E-state index is 12.0. The lowest BCUT2D eigenvalue weighted by Gasteiger charge is -2.15. The zero-order valence-corrected chi connectivity index (χ0v) is 12.5. The molecule has 0 saturated carbocycles. The lowest BCUT2D eigenvalue weighted by Crippen LogP contribution is -2.33. The molecule has 0 aliphatic heterocycles. The first-order valence-electron chi connectivity index (χ1n) is 7.43. The van der Waals surface area contributed by atoms with Gasteiger partial charge in [0, 0.05) is 11.6 Å². The molecule has 1 rings (SSSR count). The van der Waals surface area contributed by atoms with Gasteiger partial charge in [0.15, 0.2) is 0 Å². The highest BCUT2D eigenvalue weighted by Gasteiger charge is 2.15. The van der Waals surface area contributed by atoms with Crippen LogP contribution in [0.1, 0.15) is 39.5 Å². The first kappa shape index (κ1) is 16.3.